The van der Waals surface area contributed by atoms with Gasteiger partial charge in [-0.3, -0.25) is 4.79 Å². The molecule has 0 aliphatic carbocycles. The first-order valence-corrected chi connectivity index (χ1v) is 7.98. The summed E-state index contributed by atoms with van der Waals surface area (Å²) in [6, 6.07) is 13.8. The molecule has 0 saturated carbocycles. The molecule has 24 heavy (non-hydrogen) atoms. The van der Waals surface area contributed by atoms with E-state index in [0.717, 1.165) is 5.56 Å². The largest absolute Gasteiger partial charge is 0.336 e. The average molecular weight is 343 g/mol. The predicted octanol–water partition coefficient (Wildman–Crippen LogP) is 4.77. The zero-order chi connectivity index (χ0) is 17.5. The van der Waals surface area contributed by atoms with Crippen LogP contribution in [-0.4, -0.2) is 17.9 Å². The lowest BCUT2D eigenvalue weighted by molar-refractivity contribution is 0.104. The molecule has 0 spiro atoms. The number of allylic oxidation sites excluding steroid dienone is 1. The van der Waals surface area contributed by atoms with Crippen LogP contribution in [0.3, 0.4) is 0 Å². The van der Waals surface area contributed by atoms with Crippen molar-refractivity contribution in [3.8, 4) is 0 Å². The quantitative estimate of drug-likeness (QED) is 0.607. The maximum Gasteiger partial charge on any atom is 0.319 e. The van der Waals surface area contributed by atoms with Crippen molar-refractivity contribution in [2.24, 2.45) is 0 Å². The number of urea groups is 1. The fourth-order valence-corrected chi connectivity index (χ4v) is 2.22. The Hall–Kier alpha value is -2.59. The maximum atomic E-state index is 12.2. The highest BCUT2D eigenvalue weighted by Crippen LogP contribution is 2.17. The normalized spacial score (nSPS) is 10.8. The third-order valence-electron chi connectivity index (χ3n) is 3.17. The van der Waals surface area contributed by atoms with Crippen molar-refractivity contribution in [3.63, 3.8) is 0 Å². The van der Waals surface area contributed by atoms with Gasteiger partial charge in [0.1, 0.15) is 0 Å². The van der Waals surface area contributed by atoms with Crippen LogP contribution in [0, 0.1) is 0 Å². The van der Waals surface area contributed by atoms with Crippen molar-refractivity contribution in [1.82, 2.24) is 5.32 Å². The molecule has 124 valence electrons. The number of carbonyl (C=O) groups is 2. The molecule has 2 rings (SSSR count). The zero-order valence-corrected chi connectivity index (χ0v) is 14.3. The molecule has 0 saturated heterocycles. The first-order valence-electron chi connectivity index (χ1n) is 7.60. The Balaban J connectivity index is 2.01. The molecule has 4 nitrogen and oxygen atoms in total. The van der Waals surface area contributed by atoms with Crippen molar-refractivity contribution >= 4 is 35.2 Å². The summed E-state index contributed by atoms with van der Waals surface area (Å²) in [7, 11) is 0. The minimum atomic E-state index is -0.275. The summed E-state index contributed by atoms with van der Waals surface area (Å²) in [6.45, 7) is 3.76. The molecular formula is C19H19ClN2O2. The lowest BCUT2D eigenvalue weighted by Gasteiger charge is -2.10. The number of halogens is 1. The van der Waals surface area contributed by atoms with Gasteiger partial charge >= 0.3 is 6.03 Å². The zero-order valence-electron chi connectivity index (χ0n) is 13.5. The topological polar surface area (TPSA) is 58.2 Å². The summed E-state index contributed by atoms with van der Waals surface area (Å²) in [5.74, 6) is -0.131. The molecule has 0 heterocycles. The number of ketones is 1. The van der Waals surface area contributed by atoms with E-state index >= 15 is 0 Å². The van der Waals surface area contributed by atoms with Crippen LogP contribution >= 0.6 is 11.6 Å². The molecule has 2 amide bonds. The number of carbonyl (C=O) groups excluding carboxylic acids is 2. The fourth-order valence-electron chi connectivity index (χ4n) is 2.02. The second kappa shape index (κ2) is 8.31. The number of nitrogens with one attached hydrogen (secondary N) is 2. The van der Waals surface area contributed by atoms with E-state index in [-0.39, 0.29) is 17.9 Å². The molecular weight excluding hydrogens is 324 g/mol. The van der Waals surface area contributed by atoms with Gasteiger partial charge in [-0.15, -0.1) is 0 Å². The van der Waals surface area contributed by atoms with Crippen molar-refractivity contribution in [1.29, 1.82) is 0 Å². The second-order valence-electron chi connectivity index (χ2n) is 5.55. The molecule has 0 radical (unpaired) electrons. The van der Waals surface area contributed by atoms with E-state index in [2.05, 4.69) is 10.6 Å². The predicted molar refractivity (Wildman–Crippen MR) is 98.5 cm³/mol. The monoisotopic (exact) mass is 342 g/mol. The van der Waals surface area contributed by atoms with Crippen LogP contribution in [0.4, 0.5) is 10.5 Å². The van der Waals surface area contributed by atoms with E-state index in [0.29, 0.717) is 16.3 Å². The Morgan fingerprint density at radius 1 is 1.04 bits per heavy atom. The average Bonchev–Trinajstić information content (AvgIpc) is 2.53. The van der Waals surface area contributed by atoms with Gasteiger partial charge in [-0.2, -0.15) is 0 Å². The molecule has 0 atom stereocenters. The van der Waals surface area contributed by atoms with Gasteiger partial charge in [0.05, 0.1) is 0 Å². The molecule has 2 aromatic rings. The van der Waals surface area contributed by atoms with Crippen LogP contribution in [0.1, 0.15) is 29.8 Å². The number of rotatable bonds is 5. The lowest BCUT2D eigenvalue weighted by atomic mass is 10.1. The number of anilines is 1. The summed E-state index contributed by atoms with van der Waals surface area (Å²) < 4.78 is 0. The van der Waals surface area contributed by atoms with E-state index in [1.807, 2.05) is 32.0 Å². The molecule has 5 heteroatoms. The smallest absolute Gasteiger partial charge is 0.319 e. The van der Waals surface area contributed by atoms with Crippen molar-refractivity contribution < 1.29 is 9.59 Å². The number of benzene rings is 2. The molecule has 0 aliphatic rings. The maximum absolute atomic E-state index is 12.2. The van der Waals surface area contributed by atoms with Crippen LogP contribution in [-0.2, 0) is 0 Å². The van der Waals surface area contributed by atoms with Crippen molar-refractivity contribution in [2.45, 2.75) is 19.9 Å². The van der Waals surface area contributed by atoms with E-state index in [4.69, 9.17) is 11.6 Å². The van der Waals surface area contributed by atoms with E-state index in [1.165, 1.54) is 6.08 Å². The summed E-state index contributed by atoms with van der Waals surface area (Å²) in [5.41, 5.74) is 1.95. The van der Waals surface area contributed by atoms with Gasteiger partial charge in [-0.25, -0.2) is 4.79 Å². The van der Waals surface area contributed by atoms with Gasteiger partial charge in [0, 0.05) is 22.3 Å². The fraction of sp³-hybridized carbons (Fsp3) is 0.158. The summed E-state index contributed by atoms with van der Waals surface area (Å²) >= 11 is 6.05. The Kier molecular flexibility index (Phi) is 6.15. The lowest BCUT2D eigenvalue weighted by Crippen LogP contribution is -2.34. The first kappa shape index (κ1) is 17.8. The van der Waals surface area contributed by atoms with Gasteiger partial charge in [-0.05, 0) is 61.9 Å². The second-order valence-corrected chi connectivity index (χ2v) is 5.96. The Bertz CT molecular complexity index is 752. The van der Waals surface area contributed by atoms with Gasteiger partial charge in [0.15, 0.2) is 5.78 Å². The molecule has 0 aromatic heterocycles. The molecule has 0 unspecified atom stereocenters. The van der Waals surface area contributed by atoms with Crippen molar-refractivity contribution in [3.05, 3.63) is 70.8 Å². The third-order valence-corrected chi connectivity index (χ3v) is 3.51. The van der Waals surface area contributed by atoms with Crippen LogP contribution in [0.5, 0.6) is 0 Å². The van der Waals surface area contributed by atoms with Gasteiger partial charge in [0.2, 0.25) is 0 Å². The van der Waals surface area contributed by atoms with E-state index < -0.39 is 0 Å². The van der Waals surface area contributed by atoms with Gasteiger partial charge < -0.3 is 10.6 Å². The van der Waals surface area contributed by atoms with E-state index in [1.54, 1.807) is 36.4 Å². The third kappa shape index (κ3) is 5.25. The summed E-state index contributed by atoms with van der Waals surface area (Å²) in [5, 5.41) is 6.03. The molecule has 0 bridgehead atoms. The van der Waals surface area contributed by atoms with Crippen LogP contribution < -0.4 is 10.6 Å². The van der Waals surface area contributed by atoms with Crippen LogP contribution in [0.15, 0.2) is 54.6 Å². The molecule has 0 fully saturated rings. The van der Waals surface area contributed by atoms with Gasteiger partial charge in [-0.1, -0.05) is 29.8 Å². The highest BCUT2D eigenvalue weighted by molar-refractivity contribution is 6.32. The summed E-state index contributed by atoms with van der Waals surface area (Å²) in [4.78, 5) is 23.8. The highest BCUT2D eigenvalue weighted by Gasteiger charge is 2.05. The van der Waals surface area contributed by atoms with Crippen LogP contribution in [0.2, 0.25) is 5.02 Å². The Labute approximate surface area is 146 Å². The van der Waals surface area contributed by atoms with Crippen LogP contribution in [0.25, 0.3) is 6.08 Å². The SMILES string of the molecule is CC(C)NC(=O)Nc1ccc(C(=O)/C=C/c2ccccc2Cl)cc1. The number of hydrogen-bond donors (Lipinski definition) is 2. The number of hydrogen-bond acceptors (Lipinski definition) is 2. The Morgan fingerprint density at radius 3 is 2.33 bits per heavy atom. The number of amides is 2. The first-order chi connectivity index (χ1) is 11.5. The molecule has 2 aromatic carbocycles. The minimum Gasteiger partial charge on any atom is -0.336 e. The molecule has 0 aliphatic heterocycles. The summed E-state index contributed by atoms with van der Waals surface area (Å²) in [6.07, 6.45) is 3.17. The van der Waals surface area contributed by atoms with Gasteiger partial charge in [0.25, 0.3) is 0 Å². The van der Waals surface area contributed by atoms with E-state index in [9.17, 15) is 9.59 Å². The standard InChI is InChI=1S/C19H19ClN2O2/c1-13(2)21-19(24)22-16-10-7-15(8-11-16)18(23)12-9-14-5-3-4-6-17(14)20/h3-13H,1-2H3,(H2,21,22,24)/b12-9+. The Morgan fingerprint density at radius 2 is 1.71 bits per heavy atom. The molecule has 2 N–H and O–H groups in total. The van der Waals surface area contributed by atoms with Crippen molar-refractivity contribution in [2.75, 3.05) is 5.32 Å². The highest BCUT2D eigenvalue weighted by atomic mass is 35.5. The minimum absolute atomic E-state index is 0.0563.